The van der Waals surface area contributed by atoms with Crippen LogP contribution < -0.4 is 10.2 Å². The van der Waals surface area contributed by atoms with E-state index in [1.54, 1.807) is 13.8 Å². The van der Waals surface area contributed by atoms with E-state index in [0.717, 1.165) is 17.0 Å². The molecule has 30 heavy (non-hydrogen) atoms. The van der Waals surface area contributed by atoms with Gasteiger partial charge in [-0.15, -0.1) is 0 Å². The van der Waals surface area contributed by atoms with Crippen molar-refractivity contribution >= 4 is 23.4 Å². The van der Waals surface area contributed by atoms with E-state index < -0.39 is 58.2 Å². The average Bonchev–Trinajstić information content (AvgIpc) is 3.14. The van der Waals surface area contributed by atoms with Gasteiger partial charge in [0.1, 0.15) is 0 Å². The third-order valence-corrected chi connectivity index (χ3v) is 6.40. The van der Waals surface area contributed by atoms with Crippen molar-refractivity contribution in [1.82, 2.24) is 5.32 Å². The first-order valence-corrected chi connectivity index (χ1v) is 9.30. The van der Waals surface area contributed by atoms with Gasteiger partial charge in [0, 0.05) is 6.92 Å². The zero-order valence-electron chi connectivity index (χ0n) is 16.3. The zero-order chi connectivity index (χ0) is 22.2. The SMILES string of the molecule is CC(=O)N[C@H]1C[C@]2(C)O[C@@]1(C)[C@H]1C(=O)N(c3ccc(C#N)c(C(F)(F)F)c3)C(=O)[C@H]12. The van der Waals surface area contributed by atoms with Crippen molar-refractivity contribution in [3.63, 3.8) is 0 Å². The number of nitrogens with zero attached hydrogens (tertiary/aromatic N) is 2. The van der Waals surface area contributed by atoms with Gasteiger partial charge in [-0.25, -0.2) is 4.90 Å². The van der Waals surface area contributed by atoms with Crippen LogP contribution in [0.5, 0.6) is 0 Å². The van der Waals surface area contributed by atoms with Crippen LogP contribution in [-0.4, -0.2) is 35.0 Å². The minimum absolute atomic E-state index is 0.242. The lowest BCUT2D eigenvalue weighted by Crippen LogP contribution is -2.56. The molecular formula is C20H18F3N3O4. The summed E-state index contributed by atoms with van der Waals surface area (Å²) in [4.78, 5) is 38.7. The van der Waals surface area contributed by atoms with Gasteiger partial charge in [-0.1, -0.05) is 0 Å². The highest BCUT2D eigenvalue weighted by molar-refractivity contribution is 6.23. The summed E-state index contributed by atoms with van der Waals surface area (Å²) in [6, 6.07) is 3.71. The van der Waals surface area contributed by atoms with Crippen LogP contribution in [-0.2, 0) is 25.3 Å². The van der Waals surface area contributed by atoms with Crippen molar-refractivity contribution < 1.29 is 32.3 Å². The number of imide groups is 1. The fourth-order valence-electron chi connectivity index (χ4n) is 5.25. The maximum atomic E-state index is 13.4. The quantitative estimate of drug-likeness (QED) is 0.738. The predicted molar refractivity (Wildman–Crippen MR) is 95.7 cm³/mol. The number of nitriles is 1. The maximum absolute atomic E-state index is 13.4. The van der Waals surface area contributed by atoms with Gasteiger partial charge in [-0.05, 0) is 38.5 Å². The Kier molecular flexibility index (Phi) is 4.10. The lowest BCUT2D eigenvalue weighted by molar-refractivity contribution is -0.138. The van der Waals surface area contributed by atoms with Gasteiger partial charge < -0.3 is 10.1 Å². The van der Waals surface area contributed by atoms with Gasteiger partial charge in [0.2, 0.25) is 17.7 Å². The molecule has 0 unspecified atom stereocenters. The molecule has 158 valence electrons. The molecule has 3 fully saturated rings. The maximum Gasteiger partial charge on any atom is 0.417 e. The molecule has 3 saturated heterocycles. The number of halogens is 3. The number of carbonyl (C=O) groups is 3. The molecule has 3 aliphatic heterocycles. The number of carbonyl (C=O) groups excluding carboxylic acids is 3. The summed E-state index contributed by atoms with van der Waals surface area (Å²) < 4.78 is 46.1. The second kappa shape index (κ2) is 6.04. The first-order chi connectivity index (χ1) is 13.8. The molecule has 5 atom stereocenters. The largest absolute Gasteiger partial charge is 0.417 e. The molecule has 10 heteroatoms. The van der Waals surface area contributed by atoms with Crippen molar-refractivity contribution in [2.24, 2.45) is 11.8 Å². The molecule has 0 radical (unpaired) electrons. The number of rotatable bonds is 2. The summed E-state index contributed by atoms with van der Waals surface area (Å²) in [5, 5.41) is 11.7. The normalized spacial score (nSPS) is 34.8. The molecule has 0 spiro atoms. The minimum Gasteiger partial charge on any atom is -0.365 e. The van der Waals surface area contributed by atoms with E-state index in [2.05, 4.69) is 5.32 Å². The number of alkyl halides is 3. The summed E-state index contributed by atoms with van der Waals surface area (Å²) in [5.74, 6) is -3.44. The van der Waals surface area contributed by atoms with Crippen LogP contribution in [0.3, 0.4) is 0 Å². The first kappa shape index (κ1) is 20.3. The Hall–Kier alpha value is -2.93. The number of benzene rings is 1. The predicted octanol–water partition coefficient (Wildman–Crippen LogP) is 2.14. The molecule has 2 bridgehead atoms. The molecule has 1 aromatic rings. The summed E-state index contributed by atoms with van der Waals surface area (Å²) in [6.45, 7) is 4.64. The highest BCUT2D eigenvalue weighted by Gasteiger charge is 2.76. The van der Waals surface area contributed by atoms with Crippen molar-refractivity contribution in [2.45, 2.75) is 50.6 Å². The molecule has 7 nitrogen and oxygen atoms in total. The average molecular weight is 421 g/mol. The van der Waals surface area contributed by atoms with E-state index in [9.17, 15) is 27.6 Å². The molecule has 4 rings (SSSR count). The second-order valence-corrected chi connectivity index (χ2v) is 8.36. The highest BCUT2D eigenvalue weighted by Crippen LogP contribution is 2.61. The monoisotopic (exact) mass is 421 g/mol. The van der Waals surface area contributed by atoms with Crippen molar-refractivity contribution in [3.05, 3.63) is 29.3 Å². The molecule has 0 aromatic heterocycles. The van der Waals surface area contributed by atoms with Gasteiger partial charge in [0.05, 0.1) is 52.0 Å². The van der Waals surface area contributed by atoms with Crippen LogP contribution in [0.4, 0.5) is 18.9 Å². The molecule has 1 N–H and O–H groups in total. The van der Waals surface area contributed by atoms with Gasteiger partial charge in [-0.3, -0.25) is 14.4 Å². The van der Waals surface area contributed by atoms with Gasteiger partial charge >= 0.3 is 6.18 Å². The number of hydrogen-bond donors (Lipinski definition) is 1. The molecule has 0 saturated carbocycles. The van der Waals surface area contributed by atoms with E-state index in [1.807, 2.05) is 0 Å². The van der Waals surface area contributed by atoms with Crippen LogP contribution in [0.2, 0.25) is 0 Å². The van der Waals surface area contributed by atoms with E-state index in [0.29, 0.717) is 12.5 Å². The minimum atomic E-state index is -4.82. The Morgan fingerprint density at radius 1 is 1.27 bits per heavy atom. The third kappa shape index (κ3) is 2.58. The van der Waals surface area contributed by atoms with Crippen molar-refractivity contribution in [3.8, 4) is 6.07 Å². The van der Waals surface area contributed by atoms with Crippen LogP contribution in [0.1, 0.15) is 38.3 Å². The topological polar surface area (TPSA) is 99.5 Å². The summed E-state index contributed by atoms with van der Waals surface area (Å²) in [5.41, 5.74) is -4.25. The second-order valence-electron chi connectivity index (χ2n) is 8.36. The lowest BCUT2D eigenvalue weighted by atomic mass is 9.66. The Labute approximate surface area is 169 Å². The molecular weight excluding hydrogens is 403 g/mol. The highest BCUT2D eigenvalue weighted by atomic mass is 19.4. The summed E-state index contributed by atoms with van der Waals surface area (Å²) in [7, 11) is 0. The first-order valence-electron chi connectivity index (χ1n) is 9.30. The lowest BCUT2D eigenvalue weighted by Gasteiger charge is -2.35. The van der Waals surface area contributed by atoms with Crippen LogP contribution in [0, 0.1) is 23.2 Å². The number of hydrogen-bond acceptors (Lipinski definition) is 5. The molecule has 1 aromatic carbocycles. The van der Waals surface area contributed by atoms with Crippen LogP contribution in [0.15, 0.2) is 18.2 Å². The van der Waals surface area contributed by atoms with Crippen molar-refractivity contribution in [2.75, 3.05) is 4.90 Å². The summed E-state index contributed by atoms with van der Waals surface area (Å²) in [6.07, 6.45) is -4.52. The Bertz CT molecular complexity index is 1030. The summed E-state index contributed by atoms with van der Waals surface area (Å²) >= 11 is 0. The fraction of sp³-hybridized carbons (Fsp3) is 0.500. The van der Waals surface area contributed by atoms with Crippen LogP contribution >= 0.6 is 0 Å². The van der Waals surface area contributed by atoms with Crippen LogP contribution in [0.25, 0.3) is 0 Å². The van der Waals surface area contributed by atoms with E-state index >= 15 is 0 Å². The number of fused-ring (bicyclic) bond motifs is 5. The molecule has 3 heterocycles. The Morgan fingerprint density at radius 3 is 2.47 bits per heavy atom. The Morgan fingerprint density at radius 2 is 1.90 bits per heavy atom. The fourth-order valence-corrected chi connectivity index (χ4v) is 5.25. The number of nitrogens with one attached hydrogen (secondary N) is 1. The number of amides is 3. The number of anilines is 1. The third-order valence-electron chi connectivity index (χ3n) is 6.40. The van der Waals surface area contributed by atoms with Gasteiger partial charge in [0.25, 0.3) is 0 Å². The standard InChI is InChI=1S/C20H18F3N3O4/c1-9(27)25-13-7-18(2)14-15(19(13,3)30-18)17(29)26(16(14)28)11-5-4-10(8-24)12(6-11)20(21,22)23/h4-6,13-15H,7H2,1-3H3,(H,25,27)/t13-,14-,15+,18-,19+/m0/s1. The smallest absolute Gasteiger partial charge is 0.365 e. The van der Waals surface area contributed by atoms with E-state index in [4.69, 9.17) is 10.00 Å². The van der Waals surface area contributed by atoms with E-state index in [-0.39, 0.29) is 11.6 Å². The molecule has 3 aliphatic rings. The van der Waals surface area contributed by atoms with Crippen molar-refractivity contribution in [1.29, 1.82) is 5.26 Å². The zero-order valence-corrected chi connectivity index (χ0v) is 16.3. The molecule has 3 amide bonds. The number of ether oxygens (including phenoxy) is 1. The molecule has 0 aliphatic carbocycles. The van der Waals surface area contributed by atoms with E-state index in [1.165, 1.54) is 13.0 Å². The van der Waals surface area contributed by atoms with Gasteiger partial charge in [0.15, 0.2) is 0 Å². The Balaban J connectivity index is 1.77. The van der Waals surface area contributed by atoms with Gasteiger partial charge in [-0.2, -0.15) is 18.4 Å².